The molecular weight excluding hydrogens is 320 g/mol. The van der Waals surface area contributed by atoms with Gasteiger partial charge < -0.3 is 5.32 Å². The summed E-state index contributed by atoms with van der Waals surface area (Å²) >= 11 is 3.44. The minimum atomic E-state index is -0.211. The number of rotatable bonds is 2. The fraction of sp³-hybridized carbons (Fsp3) is 0.0714. The van der Waals surface area contributed by atoms with Crippen LogP contribution in [0.4, 0.5) is 5.69 Å². The fourth-order valence-corrected chi connectivity index (χ4v) is 2.51. The monoisotopic (exact) mass is 330 g/mol. The lowest BCUT2D eigenvalue weighted by Crippen LogP contribution is -2.12. The number of benzene rings is 1. The Morgan fingerprint density at radius 3 is 3.00 bits per heavy atom. The molecular formula is C14H11BrN4O. The van der Waals surface area contributed by atoms with E-state index in [0.29, 0.717) is 11.1 Å². The molecule has 1 aromatic carbocycles. The normalized spacial score (nSPS) is 10.7. The van der Waals surface area contributed by atoms with Crippen LogP contribution < -0.4 is 5.32 Å². The van der Waals surface area contributed by atoms with Crippen molar-refractivity contribution in [2.45, 2.75) is 6.92 Å². The zero-order chi connectivity index (χ0) is 14.1. The molecule has 100 valence electrons. The Balaban J connectivity index is 1.93. The number of nitrogens with zero attached hydrogens (tertiary/aromatic N) is 3. The molecule has 1 N–H and O–H groups in total. The zero-order valence-corrected chi connectivity index (χ0v) is 12.3. The van der Waals surface area contributed by atoms with Crippen molar-refractivity contribution >= 4 is 33.0 Å². The van der Waals surface area contributed by atoms with Gasteiger partial charge in [-0.2, -0.15) is 5.10 Å². The van der Waals surface area contributed by atoms with Gasteiger partial charge in [0.2, 0.25) is 0 Å². The van der Waals surface area contributed by atoms with Crippen LogP contribution in [0.5, 0.6) is 0 Å². The van der Waals surface area contributed by atoms with Crippen molar-refractivity contribution in [1.29, 1.82) is 0 Å². The number of amides is 1. The summed E-state index contributed by atoms with van der Waals surface area (Å²) in [4.78, 5) is 16.3. The number of fused-ring (bicyclic) bond motifs is 1. The van der Waals surface area contributed by atoms with Gasteiger partial charge in [0, 0.05) is 16.9 Å². The van der Waals surface area contributed by atoms with Crippen molar-refractivity contribution in [3.05, 3.63) is 58.6 Å². The third kappa shape index (κ3) is 2.30. The van der Waals surface area contributed by atoms with Gasteiger partial charge in [-0.05, 0) is 40.5 Å². The highest BCUT2D eigenvalue weighted by atomic mass is 79.9. The molecule has 0 radical (unpaired) electrons. The van der Waals surface area contributed by atoms with E-state index in [-0.39, 0.29) is 5.91 Å². The maximum Gasteiger partial charge on any atom is 0.259 e. The summed E-state index contributed by atoms with van der Waals surface area (Å²) in [5, 5.41) is 6.99. The molecule has 0 aliphatic rings. The molecule has 0 bridgehead atoms. The lowest BCUT2D eigenvalue weighted by atomic mass is 10.2. The van der Waals surface area contributed by atoms with Gasteiger partial charge in [-0.1, -0.05) is 6.07 Å². The topological polar surface area (TPSA) is 59.3 Å². The molecule has 0 fully saturated rings. The Kier molecular flexibility index (Phi) is 3.23. The van der Waals surface area contributed by atoms with Crippen LogP contribution in [0, 0.1) is 6.92 Å². The third-order valence-electron chi connectivity index (χ3n) is 2.94. The summed E-state index contributed by atoms with van der Waals surface area (Å²) in [6.45, 7) is 1.99. The second-order valence-electron chi connectivity index (χ2n) is 4.40. The van der Waals surface area contributed by atoms with E-state index in [2.05, 4.69) is 31.3 Å². The van der Waals surface area contributed by atoms with Gasteiger partial charge in [0.25, 0.3) is 5.91 Å². The first-order valence-electron chi connectivity index (χ1n) is 6.00. The molecule has 2 aromatic heterocycles. The van der Waals surface area contributed by atoms with Crippen molar-refractivity contribution in [2.24, 2.45) is 0 Å². The number of nitrogens with one attached hydrogen (secondary N) is 1. The van der Waals surface area contributed by atoms with Crippen molar-refractivity contribution < 1.29 is 4.79 Å². The molecule has 0 aliphatic heterocycles. The maximum atomic E-state index is 12.3. The molecule has 3 aromatic rings. The van der Waals surface area contributed by atoms with Crippen molar-refractivity contribution in [2.75, 3.05) is 5.32 Å². The molecule has 0 atom stereocenters. The third-order valence-corrected chi connectivity index (χ3v) is 3.60. The number of aryl methyl sites for hydroxylation is 1. The Bertz CT molecular complexity index is 797. The lowest BCUT2D eigenvalue weighted by Gasteiger charge is -2.07. The van der Waals surface area contributed by atoms with Crippen LogP contribution in [0.25, 0.3) is 5.52 Å². The fourth-order valence-electron chi connectivity index (χ4n) is 1.92. The van der Waals surface area contributed by atoms with E-state index >= 15 is 0 Å². The van der Waals surface area contributed by atoms with E-state index < -0.39 is 0 Å². The van der Waals surface area contributed by atoms with Crippen molar-refractivity contribution in [1.82, 2.24) is 14.6 Å². The number of hydrogen-bond acceptors (Lipinski definition) is 3. The van der Waals surface area contributed by atoms with Gasteiger partial charge in [-0.25, -0.2) is 4.52 Å². The number of anilines is 1. The predicted octanol–water partition coefficient (Wildman–Crippen LogP) is 3.05. The van der Waals surface area contributed by atoms with E-state index in [9.17, 15) is 4.79 Å². The smallest absolute Gasteiger partial charge is 0.259 e. The Hall–Kier alpha value is -2.21. The molecule has 5 nitrogen and oxygen atoms in total. The molecule has 6 heteroatoms. The molecule has 0 saturated carbocycles. The van der Waals surface area contributed by atoms with Crippen LogP contribution >= 0.6 is 15.9 Å². The van der Waals surface area contributed by atoms with Crippen LogP contribution in [-0.2, 0) is 0 Å². The molecule has 0 aliphatic carbocycles. The summed E-state index contributed by atoms with van der Waals surface area (Å²) in [5.74, 6) is -0.211. The molecule has 0 saturated heterocycles. The largest absolute Gasteiger partial charge is 0.321 e. The average Bonchev–Trinajstić information content (AvgIpc) is 2.86. The highest BCUT2D eigenvalue weighted by molar-refractivity contribution is 9.10. The first-order valence-corrected chi connectivity index (χ1v) is 6.79. The maximum absolute atomic E-state index is 12.3. The van der Waals surface area contributed by atoms with Crippen molar-refractivity contribution in [3.8, 4) is 0 Å². The minimum absolute atomic E-state index is 0.211. The van der Waals surface area contributed by atoms with Crippen LogP contribution in [0.3, 0.4) is 0 Å². The van der Waals surface area contributed by atoms with Gasteiger partial charge in [-0.3, -0.25) is 9.78 Å². The molecule has 2 heterocycles. The van der Waals surface area contributed by atoms with E-state index in [0.717, 1.165) is 15.7 Å². The van der Waals surface area contributed by atoms with E-state index in [1.807, 2.05) is 25.1 Å². The Labute approximate surface area is 123 Å². The first kappa shape index (κ1) is 12.8. The number of aromatic nitrogens is 3. The number of hydrogen-bond donors (Lipinski definition) is 1. The number of carbonyl (C=O) groups excluding carboxylic acids is 1. The number of carbonyl (C=O) groups is 1. The van der Waals surface area contributed by atoms with E-state index in [1.54, 1.807) is 23.1 Å². The quantitative estimate of drug-likeness (QED) is 0.785. The second-order valence-corrected chi connectivity index (χ2v) is 5.26. The molecule has 0 spiro atoms. The first-order chi connectivity index (χ1) is 9.65. The van der Waals surface area contributed by atoms with Crippen LogP contribution in [0.2, 0.25) is 0 Å². The van der Waals surface area contributed by atoms with Crippen LogP contribution in [-0.4, -0.2) is 20.5 Å². The average molecular weight is 331 g/mol. The summed E-state index contributed by atoms with van der Waals surface area (Å²) < 4.78 is 2.46. The van der Waals surface area contributed by atoms with Gasteiger partial charge in [0.1, 0.15) is 0 Å². The zero-order valence-electron chi connectivity index (χ0n) is 10.7. The summed E-state index contributed by atoms with van der Waals surface area (Å²) in [5.41, 5.74) is 3.01. The second kappa shape index (κ2) is 5.05. The predicted molar refractivity (Wildman–Crippen MR) is 79.8 cm³/mol. The van der Waals surface area contributed by atoms with E-state index in [4.69, 9.17) is 0 Å². The Morgan fingerprint density at radius 1 is 1.35 bits per heavy atom. The summed E-state index contributed by atoms with van der Waals surface area (Å²) in [7, 11) is 0. The Morgan fingerprint density at radius 2 is 2.20 bits per heavy atom. The summed E-state index contributed by atoms with van der Waals surface area (Å²) in [6.07, 6.45) is 6.48. The van der Waals surface area contributed by atoms with Gasteiger partial charge in [0.05, 0.1) is 29.2 Å². The van der Waals surface area contributed by atoms with Crippen LogP contribution in [0.1, 0.15) is 15.9 Å². The lowest BCUT2D eigenvalue weighted by molar-refractivity contribution is 0.102. The highest BCUT2D eigenvalue weighted by Gasteiger charge is 2.13. The highest BCUT2D eigenvalue weighted by Crippen LogP contribution is 2.24. The van der Waals surface area contributed by atoms with Crippen molar-refractivity contribution in [3.63, 3.8) is 0 Å². The van der Waals surface area contributed by atoms with E-state index in [1.165, 1.54) is 6.20 Å². The molecule has 1 amide bonds. The molecule has 0 unspecified atom stereocenters. The summed E-state index contributed by atoms with van der Waals surface area (Å²) in [6, 6.07) is 5.76. The SMILES string of the molecule is Cc1ccc(NC(=O)c2cnn3ccncc23)c(Br)c1. The van der Waals surface area contributed by atoms with Gasteiger partial charge in [0.15, 0.2) is 0 Å². The standard InChI is InChI=1S/C14H11BrN4O/c1-9-2-3-12(11(15)6-9)18-14(20)10-7-17-19-5-4-16-8-13(10)19/h2-8H,1H3,(H,18,20). The van der Waals surface area contributed by atoms with Crippen LogP contribution in [0.15, 0.2) is 47.5 Å². The minimum Gasteiger partial charge on any atom is -0.321 e. The molecule has 3 rings (SSSR count). The van der Waals surface area contributed by atoms with Gasteiger partial charge >= 0.3 is 0 Å². The van der Waals surface area contributed by atoms with Gasteiger partial charge in [-0.15, -0.1) is 0 Å². The number of halogens is 1. The molecule has 20 heavy (non-hydrogen) atoms.